The molecule has 0 spiro atoms. The van der Waals surface area contributed by atoms with E-state index >= 15 is 0 Å². The highest BCUT2D eigenvalue weighted by molar-refractivity contribution is 6.29. The number of hydrogen-bond donors (Lipinski definition) is 2. The molecule has 2 N–H and O–H groups in total. The zero-order chi connectivity index (χ0) is 23.0. The maximum Gasteiger partial charge on any atom is 0.433 e. The zero-order valence-corrected chi connectivity index (χ0v) is 17.8. The summed E-state index contributed by atoms with van der Waals surface area (Å²) in [6.07, 6.45) is -3.00. The van der Waals surface area contributed by atoms with Gasteiger partial charge in [-0.2, -0.15) is 28.1 Å². The third-order valence-electron chi connectivity index (χ3n) is 3.55. The van der Waals surface area contributed by atoms with Crippen LogP contribution < -0.4 is 10.6 Å². The van der Waals surface area contributed by atoms with Crippen molar-refractivity contribution in [3.63, 3.8) is 0 Å². The second-order valence-electron chi connectivity index (χ2n) is 6.30. The molecular formula is C19H21ClF3N7O. The number of methoxy groups -OCH3 is 1. The molecular weight excluding hydrogens is 435 g/mol. The highest BCUT2D eigenvalue weighted by Gasteiger charge is 2.34. The van der Waals surface area contributed by atoms with E-state index in [1.54, 1.807) is 25.3 Å². The normalized spacial score (nSPS) is 13.6. The maximum atomic E-state index is 13.1. The quantitative estimate of drug-likeness (QED) is 0.424. The summed E-state index contributed by atoms with van der Waals surface area (Å²) >= 11 is 5.95. The second-order valence-corrected chi connectivity index (χ2v) is 6.69. The van der Waals surface area contributed by atoms with Crippen molar-refractivity contribution in [2.45, 2.75) is 26.1 Å². The lowest BCUT2D eigenvalue weighted by atomic mass is 10.3. The Kier molecular flexibility index (Phi) is 8.46. The number of hydrogen-bond acceptors (Lipinski definition) is 8. The SMILES string of the molecule is C=CN=C(/C=C(\C)Nc1nc(NC(C)COC)nc(-c2cccc(Cl)n2)n1)C(F)(F)F. The van der Waals surface area contributed by atoms with Crippen molar-refractivity contribution in [1.82, 2.24) is 19.9 Å². The van der Waals surface area contributed by atoms with Crippen LogP contribution in [-0.2, 0) is 4.74 Å². The summed E-state index contributed by atoms with van der Waals surface area (Å²) in [5.41, 5.74) is -0.651. The Morgan fingerprint density at radius 1 is 1.26 bits per heavy atom. The van der Waals surface area contributed by atoms with Gasteiger partial charge >= 0.3 is 6.18 Å². The highest BCUT2D eigenvalue weighted by atomic mass is 35.5. The molecule has 0 aliphatic rings. The van der Waals surface area contributed by atoms with Gasteiger partial charge in [-0.25, -0.2) is 4.98 Å². The lowest BCUT2D eigenvalue weighted by Crippen LogP contribution is -2.23. The number of aliphatic imine (C=N–C) groups is 1. The molecule has 1 atom stereocenters. The van der Waals surface area contributed by atoms with Crippen LogP contribution in [0.25, 0.3) is 11.5 Å². The molecule has 0 radical (unpaired) electrons. The van der Waals surface area contributed by atoms with Gasteiger partial charge in [-0.15, -0.1) is 0 Å². The number of ether oxygens (including phenoxy) is 1. The van der Waals surface area contributed by atoms with Crippen LogP contribution >= 0.6 is 11.6 Å². The van der Waals surface area contributed by atoms with Gasteiger partial charge in [0.2, 0.25) is 11.9 Å². The number of aromatic nitrogens is 4. The van der Waals surface area contributed by atoms with Gasteiger partial charge in [0.05, 0.1) is 6.61 Å². The molecule has 2 aromatic heterocycles. The third kappa shape index (κ3) is 7.61. The van der Waals surface area contributed by atoms with Gasteiger partial charge in [-0.3, -0.25) is 4.99 Å². The van der Waals surface area contributed by atoms with E-state index in [4.69, 9.17) is 16.3 Å². The van der Waals surface area contributed by atoms with Crippen LogP contribution in [0.2, 0.25) is 5.15 Å². The summed E-state index contributed by atoms with van der Waals surface area (Å²) < 4.78 is 44.3. The van der Waals surface area contributed by atoms with E-state index in [1.807, 2.05) is 6.92 Å². The van der Waals surface area contributed by atoms with E-state index in [1.165, 1.54) is 6.92 Å². The van der Waals surface area contributed by atoms with Gasteiger partial charge < -0.3 is 15.4 Å². The van der Waals surface area contributed by atoms with Crippen molar-refractivity contribution in [2.24, 2.45) is 4.99 Å². The van der Waals surface area contributed by atoms with Crippen molar-refractivity contribution in [3.8, 4) is 11.5 Å². The van der Waals surface area contributed by atoms with Crippen LogP contribution in [0.4, 0.5) is 25.1 Å². The van der Waals surface area contributed by atoms with E-state index in [9.17, 15) is 13.2 Å². The largest absolute Gasteiger partial charge is 0.433 e. The topological polar surface area (TPSA) is 97.2 Å². The van der Waals surface area contributed by atoms with E-state index in [2.05, 4.69) is 42.1 Å². The van der Waals surface area contributed by atoms with Crippen molar-refractivity contribution in [3.05, 3.63) is 47.9 Å². The third-order valence-corrected chi connectivity index (χ3v) is 3.77. The molecule has 2 aromatic rings. The lowest BCUT2D eigenvalue weighted by Gasteiger charge is -2.15. The number of halogens is 4. The number of nitrogens with zero attached hydrogens (tertiary/aromatic N) is 5. The van der Waals surface area contributed by atoms with Gasteiger partial charge in [0.15, 0.2) is 5.82 Å². The molecule has 0 aliphatic carbocycles. The van der Waals surface area contributed by atoms with Crippen LogP contribution in [0.1, 0.15) is 13.8 Å². The minimum Gasteiger partial charge on any atom is -0.383 e. The number of anilines is 2. The van der Waals surface area contributed by atoms with Crippen molar-refractivity contribution in [2.75, 3.05) is 24.4 Å². The molecule has 1 unspecified atom stereocenters. The van der Waals surface area contributed by atoms with E-state index in [0.29, 0.717) is 12.3 Å². The molecule has 0 saturated carbocycles. The highest BCUT2D eigenvalue weighted by Crippen LogP contribution is 2.21. The molecule has 0 fully saturated rings. The first-order chi connectivity index (χ1) is 14.6. The average molecular weight is 456 g/mol. The number of rotatable bonds is 9. The van der Waals surface area contributed by atoms with E-state index in [-0.39, 0.29) is 34.6 Å². The Morgan fingerprint density at radius 2 is 1.97 bits per heavy atom. The van der Waals surface area contributed by atoms with Crippen molar-refractivity contribution >= 4 is 29.2 Å². The van der Waals surface area contributed by atoms with Crippen LogP contribution in [0.15, 0.2) is 47.7 Å². The number of nitrogens with one attached hydrogen (secondary N) is 2. The molecule has 2 heterocycles. The van der Waals surface area contributed by atoms with Gasteiger partial charge in [0.25, 0.3) is 0 Å². The number of pyridine rings is 1. The summed E-state index contributed by atoms with van der Waals surface area (Å²) in [6, 6.07) is 4.77. The fourth-order valence-electron chi connectivity index (χ4n) is 2.36. The molecule has 0 aliphatic heterocycles. The summed E-state index contributed by atoms with van der Waals surface area (Å²) in [4.78, 5) is 20.2. The minimum atomic E-state index is -4.64. The van der Waals surface area contributed by atoms with E-state index in [0.717, 1.165) is 12.3 Å². The minimum absolute atomic E-state index is 0.00719. The molecule has 0 aromatic carbocycles. The standard InChI is InChI=1S/C19H21ClF3N7O/c1-5-24-14(19(21,22)23)9-11(2)25-17-28-16(13-7-6-8-15(20)27-13)29-18(30-17)26-12(3)10-31-4/h5-9,12H,1,10H2,2-4H3,(H2,25,26,28,29,30)/b11-9+,24-14?. The molecule has 0 saturated heterocycles. The van der Waals surface area contributed by atoms with Crippen molar-refractivity contribution in [1.29, 1.82) is 0 Å². The molecule has 8 nitrogen and oxygen atoms in total. The summed E-state index contributed by atoms with van der Waals surface area (Å²) in [5.74, 6) is 0.367. The van der Waals surface area contributed by atoms with Gasteiger partial charge in [-0.1, -0.05) is 24.2 Å². The molecule has 0 amide bonds. The lowest BCUT2D eigenvalue weighted by molar-refractivity contribution is -0.0577. The van der Waals surface area contributed by atoms with Gasteiger partial charge in [0, 0.05) is 25.0 Å². The Balaban J connectivity index is 2.43. The van der Waals surface area contributed by atoms with Crippen molar-refractivity contribution < 1.29 is 17.9 Å². The Hall–Kier alpha value is -3.05. The molecule has 12 heteroatoms. The Bertz CT molecular complexity index is 979. The second kappa shape index (κ2) is 10.8. The van der Waals surface area contributed by atoms with Gasteiger partial charge in [0.1, 0.15) is 16.6 Å². The van der Waals surface area contributed by atoms with Gasteiger partial charge in [-0.05, 0) is 32.1 Å². The first-order valence-corrected chi connectivity index (χ1v) is 9.36. The molecule has 31 heavy (non-hydrogen) atoms. The van der Waals surface area contributed by atoms with Crippen LogP contribution in [0.5, 0.6) is 0 Å². The van der Waals surface area contributed by atoms with Crippen LogP contribution in [0, 0.1) is 0 Å². The zero-order valence-electron chi connectivity index (χ0n) is 17.0. The Labute approximate surface area is 182 Å². The monoisotopic (exact) mass is 455 g/mol. The average Bonchev–Trinajstić information content (AvgIpc) is 2.67. The predicted molar refractivity (Wildman–Crippen MR) is 114 cm³/mol. The van der Waals surface area contributed by atoms with Crippen LogP contribution in [-0.4, -0.2) is 51.6 Å². The molecule has 166 valence electrons. The molecule has 0 bridgehead atoms. The number of alkyl halides is 3. The fourth-order valence-corrected chi connectivity index (χ4v) is 2.53. The smallest absolute Gasteiger partial charge is 0.383 e. The summed E-state index contributed by atoms with van der Waals surface area (Å²) in [7, 11) is 1.55. The summed E-state index contributed by atoms with van der Waals surface area (Å²) in [5, 5.41) is 6.00. The summed E-state index contributed by atoms with van der Waals surface area (Å²) in [6.45, 7) is 6.86. The fraction of sp³-hybridized carbons (Fsp3) is 0.316. The predicted octanol–water partition coefficient (Wildman–Crippen LogP) is 4.50. The first-order valence-electron chi connectivity index (χ1n) is 8.98. The first kappa shape index (κ1) is 24.2. The number of allylic oxidation sites excluding steroid dienone is 2. The van der Waals surface area contributed by atoms with Crippen LogP contribution in [0.3, 0.4) is 0 Å². The maximum absolute atomic E-state index is 13.1. The molecule has 2 rings (SSSR count). The Morgan fingerprint density at radius 3 is 2.58 bits per heavy atom. The van der Waals surface area contributed by atoms with E-state index < -0.39 is 11.9 Å².